The molecule has 0 aliphatic heterocycles. The molecule has 2 aromatic heterocycles. The van der Waals surface area contributed by atoms with Crippen LogP contribution < -0.4 is 5.73 Å². The molecule has 1 aromatic carbocycles. The van der Waals surface area contributed by atoms with E-state index in [-0.39, 0.29) is 0 Å². The van der Waals surface area contributed by atoms with Gasteiger partial charge in [0, 0.05) is 24.0 Å². The Morgan fingerprint density at radius 3 is 2.76 bits per heavy atom. The minimum Gasteiger partial charge on any atom is -0.382 e. The second-order valence-electron chi connectivity index (χ2n) is 4.30. The van der Waals surface area contributed by atoms with Gasteiger partial charge >= 0.3 is 0 Å². The summed E-state index contributed by atoms with van der Waals surface area (Å²) in [5.74, 6) is 0.540. The Morgan fingerprint density at radius 1 is 1.29 bits per heavy atom. The number of nitrogens with two attached hydrogens (primary N) is 1. The third-order valence-electron chi connectivity index (χ3n) is 3.04. The van der Waals surface area contributed by atoms with E-state index in [1.807, 2.05) is 13.1 Å². The van der Waals surface area contributed by atoms with Crippen molar-refractivity contribution < 1.29 is 0 Å². The first kappa shape index (κ1) is 9.96. The molecule has 0 radical (unpaired) electrons. The molecule has 0 atom stereocenters. The number of aryl methyl sites for hydroxylation is 2. The lowest BCUT2D eigenvalue weighted by molar-refractivity contribution is 0.778. The molecule has 4 heteroatoms. The zero-order valence-corrected chi connectivity index (χ0v) is 9.86. The van der Waals surface area contributed by atoms with Crippen molar-refractivity contribution in [2.45, 2.75) is 6.92 Å². The number of anilines is 1. The van der Waals surface area contributed by atoms with Crippen LogP contribution in [0.2, 0.25) is 0 Å². The summed E-state index contributed by atoms with van der Waals surface area (Å²) in [7, 11) is 1.89. The molecule has 0 saturated heterocycles. The van der Waals surface area contributed by atoms with Crippen LogP contribution in [-0.2, 0) is 7.05 Å². The van der Waals surface area contributed by atoms with Gasteiger partial charge in [-0.05, 0) is 18.6 Å². The van der Waals surface area contributed by atoms with Crippen molar-refractivity contribution in [2.24, 2.45) is 7.05 Å². The van der Waals surface area contributed by atoms with E-state index < -0.39 is 0 Å². The first-order chi connectivity index (χ1) is 8.15. The molecule has 2 heterocycles. The average Bonchev–Trinajstić information content (AvgIpc) is 2.82. The first-order valence-corrected chi connectivity index (χ1v) is 5.53. The van der Waals surface area contributed by atoms with Gasteiger partial charge in [-0.1, -0.05) is 18.2 Å². The molecule has 0 aliphatic carbocycles. The number of para-hydroxylation sites is 1. The van der Waals surface area contributed by atoms with Crippen LogP contribution in [0.3, 0.4) is 0 Å². The quantitative estimate of drug-likeness (QED) is 0.669. The van der Waals surface area contributed by atoms with E-state index >= 15 is 0 Å². The number of nitrogens with one attached hydrogen (secondary N) is 1. The SMILES string of the molecule is Cc1cccc2cc(-c3cc(N)nn3C)[nH]c12. The normalized spacial score (nSPS) is 11.2. The molecule has 3 rings (SSSR count). The van der Waals surface area contributed by atoms with Crippen LogP contribution in [0.15, 0.2) is 30.3 Å². The standard InChI is InChI=1S/C13H14N4/c1-8-4-3-5-9-6-10(15-13(8)9)11-7-12(14)16-17(11)2/h3-7,15H,1-2H3,(H2,14,16). The number of H-pyrrole nitrogens is 1. The van der Waals surface area contributed by atoms with Gasteiger partial charge in [-0.3, -0.25) is 4.68 Å². The highest BCUT2D eigenvalue weighted by atomic mass is 15.3. The highest BCUT2D eigenvalue weighted by Gasteiger charge is 2.09. The Labute approximate surface area is 99.1 Å². The highest BCUT2D eigenvalue weighted by Crippen LogP contribution is 2.26. The molecule has 0 saturated carbocycles. The Hall–Kier alpha value is -2.23. The average molecular weight is 226 g/mol. The number of hydrogen-bond donors (Lipinski definition) is 2. The number of nitrogen functional groups attached to an aromatic ring is 1. The molecule has 0 unspecified atom stereocenters. The highest BCUT2D eigenvalue weighted by molar-refractivity contribution is 5.87. The van der Waals surface area contributed by atoms with Gasteiger partial charge in [0.25, 0.3) is 0 Å². The van der Waals surface area contributed by atoms with Gasteiger partial charge in [0.05, 0.1) is 11.4 Å². The second-order valence-corrected chi connectivity index (χ2v) is 4.30. The third kappa shape index (κ3) is 1.49. The smallest absolute Gasteiger partial charge is 0.146 e. The maximum Gasteiger partial charge on any atom is 0.146 e. The lowest BCUT2D eigenvalue weighted by Crippen LogP contribution is -1.94. The van der Waals surface area contributed by atoms with Crippen molar-refractivity contribution in [3.8, 4) is 11.4 Å². The van der Waals surface area contributed by atoms with Gasteiger partial charge in [0.15, 0.2) is 0 Å². The molecular formula is C13H14N4. The molecule has 0 spiro atoms. The Morgan fingerprint density at radius 2 is 2.12 bits per heavy atom. The summed E-state index contributed by atoms with van der Waals surface area (Å²) in [6, 6.07) is 10.3. The molecule has 0 amide bonds. The monoisotopic (exact) mass is 226 g/mol. The topological polar surface area (TPSA) is 59.6 Å². The number of aromatic amines is 1. The molecular weight excluding hydrogens is 212 g/mol. The summed E-state index contributed by atoms with van der Waals surface area (Å²) in [5.41, 5.74) is 10.1. The summed E-state index contributed by atoms with van der Waals surface area (Å²) < 4.78 is 1.79. The maximum atomic E-state index is 5.70. The van der Waals surface area contributed by atoms with Crippen LogP contribution in [0, 0.1) is 6.92 Å². The molecule has 3 aromatic rings. The second kappa shape index (κ2) is 3.38. The van der Waals surface area contributed by atoms with E-state index in [0.29, 0.717) is 5.82 Å². The molecule has 3 N–H and O–H groups in total. The number of rotatable bonds is 1. The van der Waals surface area contributed by atoms with Crippen molar-refractivity contribution in [3.63, 3.8) is 0 Å². The third-order valence-corrected chi connectivity index (χ3v) is 3.04. The van der Waals surface area contributed by atoms with Gasteiger partial charge in [0.2, 0.25) is 0 Å². The summed E-state index contributed by atoms with van der Waals surface area (Å²) in [5, 5.41) is 5.36. The van der Waals surface area contributed by atoms with Crippen molar-refractivity contribution in [2.75, 3.05) is 5.73 Å². The maximum absolute atomic E-state index is 5.70. The molecule has 0 fully saturated rings. The van der Waals surface area contributed by atoms with Crippen LogP contribution in [0.25, 0.3) is 22.3 Å². The largest absolute Gasteiger partial charge is 0.382 e. The summed E-state index contributed by atoms with van der Waals surface area (Å²) in [4.78, 5) is 3.42. The zero-order chi connectivity index (χ0) is 12.0. The Kier molecular flexibility index (Phi) is 1.98. The number of benzene rings is 1. The fourth-order valence-electron chi connectivity index (χ4n) is 2.19. The van der Waals surface area contributed by atoms with Gasteiger partial charge in [-0.2, -0.15) is 5.10 Å². The minimum absolute atomic E-state index is 0.540. The predicted octanol–water partition coefficient (Wildman–Crippen LogP) is 2.46. The lowest BCUT2D eigenvalue weighted by Gasteiger charge is -1.97. The van der Waals surface area contributed by atoms with Crippen LogP contribution in [0.1, 0.15) is 5.56 Å². The van der Waals surface area contributed by atoms with E-state index in [1.54, 1.807) is 4.68 Å². The van der Waals surface area contributed by atoms with E-state index in [2.05, 4.69) is 41.3 Å². The Balaban J connectivity index is 2.25. The first-order valence-electron chi connectivity index (χ1n) is 5.53. The van der Waals surface area contributed by atoms with Gasteiger partial charge < -0.3 is 10.7 Å². The molecule has 86 valence electrons. The van der Waals surface area contributed by atoms with E-state index in [0.717, 1.165) is 11.4 Å². The molecule has 4 nitrogen and oxygen atoms in total. The van der Waals surface area contributed by atoms with E-state index in [9.17, 15) is 0 Å². The van der Waals surface area contributed by atoms with Crippen molar-refractivity contribution in [1.29, 1.82) is 0 Å². The van der Waals surface area contributed by atoms with Gasteiger partial charge in [-0.15, -0.1) is 0 Å². The van der Waals surface area contributed by atoms with E-state index in [4.69, 9.17) is 5.73 Å². The van der Waals surface area contributed by atoms with Crippen molar-refractivity contribution >= 4 is 16.7 Å². The van der Waals surface area contributed by atoms with Crippen LogP contribution >= 0.6 is 0 Å². The molecule has 17 heavy (non-hydrogen) atoms. The van der Waals surface area contributed by atoms with E-state index in [1.165, 1.54) is 16.5 Å². The Bertz CT molecular complexity index is 691. The fourth-order valence-corrected chi connectivity index (χ4v) is 2.19. The number of hydrogen-bond acceptors (Lipinski definition) is 2. The lowest BCUT2D eigenvalue weighted by atomic mass is 10.2. The minimum atomic E-state index is 0.540. The summed E-state index contributed by atoms with van der Waals surface area (Å²) in [6.45, 7) is 2.10. The van der Waals surface area contributed by atoms with Crippen LogP contribution in [0.5, 0.6) is 0 Å². The summed E-state index contributed by atoms with van der Waals surface area (Å²) in [6.07, 6.45) is 0. The van der Waals surface area contributed by atoms with Crippen LogP contribution in [0.4, 0.5) is 5.82 Å². The predicted molar refractivity (Wildman–Crippen MR) is 69.7 cm³/mol. The fraction of sp³-hybridized carbons (Fsp3) is 0.154. The van der Waals surface area contributed by atoms with Gasteiger partial charge in [-0.25, -0.2) is 0 Å². The van der Waals surface area contributed by atoms with Crippen LogP contribution in [-0.4, -0.2) is 14.8 Å². The number of fused-ring (bicyclic) bond motifs is 1. The molecule has 0 aliphatic rings. The number of aromatic nitrogens is 3. The summed E-state index contributed by atoms with van der Waals surface area (Å²) >= 11 is 0. The molecule has 0 bridgehead atoms. The van der Waals surface area contributed by atoms with Crippen molar-refractivity contribution in [1.82, 2.24) is 14.8 Å². The van der Waals surface area contributed by atoms with Crippen molar-refractivity contribution in [3.05, 3.63) is 35.9 Å². The van der Waals surface area contributed by atoms with Gasteiger partial charge in [0.1, 0.15) is 5.82 Å². The number of nitrogens with zero attached hydrogens (tertiary/aromatic N) is 2. The zero-order valence-electron chi connectivity index (χ0n) is 9.86.